The van der Waals surface area contributed by atoms with Crippen LogP contribution in [0.2, 0.25) is 0 Å². The number of nitrogens with one attached hydrogen (secondary N) is 2. The summed E-state index contributed by atoms with van der Waals surface area (Å²) in [5.41, 5.74) is -1.31. The Morgan fingerprint density at radius 1 is 1.05 bits per heavy atom. The van der Waals surface area contributed by atoms with Crippen LogP contribution in [0.15, 0.2) is 0 Å². The summed E-state index contributed by atoms with van der Waals surface area (Å²) in [6, 6.07) is 0. The first-order valence-corrected chi connectivity index (χ1v) is 8.25. The molecule has 1 aliphatic heterocycles. The number of carbonyl (C=O) groups is 2. The molecule has 2 rings (SSSR count). The molecule has 0 spiro atoms. The van der Waals surface area contributed by atoms with Crippen LogP contribution in [0, 0.1) is 5.41 Å². The molecule has 5 nitrogen and oxygen atoms in total. The number of piperidine rings is 1. The fraction of sp³-hybridized carbons (Fsp3) is 0.875. The molecule has 0 aromatic rings. The van der Waals surface area contributed by atoms with E-state index in [1.165, 1.54) is 0 Å². The number of carboxylic acids is 1. The van der Waals surface area contributed by atoms with Gasteiger partial charge in [0.1, 0.15) is 0 Å². The van der Waals surface area contributed by atoms with Crippen LogP contribution in [0.25, 0.3) is 0 Å². The standard InChI is InChI=1S/C16H28N2O3/c1-15(8-6-7-11-18-15)13(19)17-12-16(14(20)21)9-4-2-3-5-10-16/h18H,2-12H2,1H3,(H,17,19)(H,20,21). The topological polar surface area (TPSA) is 78.4 Å². The number of carboxylic acid groups (broad SMARTS) is 1. The van der Waals surface area contributed by atoms with E-state index in [-0.39, 0.29) is 12.5 Å². The number of rotatable bonds is 4. The molecule has 21 heavy (non-hydrogen) atoms. The van der Waals surface area contributed by atoms with Crippen molar-refractivity contribution in [3.8, 4) is 0 Å². The van der Waals surface area contributed by atoms with E-state index in [2.05, 4.69) is 10.6 Å². The second kappa shape index (κ2) is 6.77. The zero-order valence-electron chi connectivity index (χ0n) is 13.0. The molecule has 1 saturated carbocycles. The van der Waals surface area contributed by atoms with E-state index in [0.29, 0.717) is 12.8 Å². The lowest BCUT2D eigenvalue weighted by Gasteiger charge is -2.35. The van der Waals surface area contributed by atoms with Crippen LogP contribution in [-0.4, -0.2) is 35.6 Å². The van der Waals surface area contributed by atoms with Crippen molar-refractivity contribution in [2.45, 2.75) is 70.3 Å². The zero-order chi connectivity index (χ0) is 15.3. The lowest BCUT2D eigenvalue weighted by Crippen LogP contribution is -2.58. The average Bonchev–Trinajstić information content (AvgIpc) is 2.72. The van der Waals surface area contributed by atoms with Crippen LogP contribution in [-0.2, 0) is 9.59 Å². The van der Waals surface area contributed by atoms with E-state index in [1.807, 2.05) is 6.92 Å². The number of hydrogen-bond acceptors (Lipinski definition) is 3. The summed E-state index contributed by atoms with van der Waals surface area (Å²) in [6.07, 6.45) is 8.39. The average molecular weight is 296 g/mol. The molecule has 0 aromatic heterocycles. The van der Waals surface area contributed by atoms with Gasteiger partial charge in [-0.05, 0) is 45.6 Å². The Bertz CT molecular complexity index is 381. The van der Waals surface area contributed by atoms with Crippen molar-refractivity contribution in [3.63, 3.8) is 0 Å². The molecule has 1 atom stereocenters. The minimum Gasteiger partial charge on any atom is -0.481 e. The number of aliphatic carboxylic acids is 1. The van der Waals surface area contributed by atoms with E-state index >= 15 is 0 Å². The van der Waals surface area contributed by atoms with Crippen LogP contribution >= 0.6 is 0 Å². The summed E-state index contributed by atoms with van der Waals surface area (Å²) in [5.74, 6) is -0.807. The lowest BCUT2D eigenvalue weighted by molar-refractivity contribution is -0.150. The first-order valence-electron chi connectivity index (χ1n) is 8.25. The Hall–Kier alpha value is -1.10. The normalized spacial score (nSPS) is 29.4. The van der Waals surface area contributed by atoms with Crippen molar-refractivity contribution >= 4 is 11.9 Å². The van der Waals surface area contributed by atoms with Crippen LogP contribution in [0.1, 0.15) is 64.7 Å². The lowest BCUT2D eigenvalue weighted by atomic mass is 9.80. The highest BCUT2D eigenvalue weighted by Crippen LogP contribution is 2.35. The fourth-order valence-electron chi connectivity index (χ4n) is 3.57. The van der Waals surface area contributed by atoms with Crippen molar-refractivity contribution < 1.29 is 14.7 Å². The minimum absolute atomic E-state index is 0.0490. The van der Waals surface area contributed by atoms with Gasteiger partial charge in [-0.25, -0.2) is 0 Å². The predicted octanol–water partition coefficient (Wildman–Crippen LogP) is 2.06. The minimum atomic E-state index is -0.767. The van der Waals surface area contributed by atoms with Gasteiger partial charge in [0, 0.05) is 6.54 Å². The van der Waals surface area contributed by atoms with E-state index in [0.717, 1.165) is 51.5 Å². The highest BCUT2D eigenvalue weighted by atomic mass is 16.4. The molecule has 3 N–H and O–H groups in total. The van der Waals surface area contributed by atoms with Crippen LogP contribution < -0.4 is 10.6 Å². The molecule has 1 heterocycles. The molecule has 120 valence electrons. The smallest absolute Gasteiger partial charge is 0.311 e. The maximum atomic E-state index is 12.4. The quantitative estimate of drug-likeness (QED) is 0.694. The molecule has 1 amide bonds. The molecule has 1 saturated heterocycles. The summed E-state index contributed by atoms with van der Waals surface area (Å²) in [7, 11) is 0. The van der Waals surface area contributed by atoms with Crippen molar-refractivity contribution in [2.24, 2.45) is 5.41 Å². The highest BCUT2D eigenvalue weighted by molar-refractivity contribution is 5.86. The second-order valence-electron chi connectivity index (χ2n) is 6.90. The molecule has 5 heteroatoms. The van der Waals surface area contributed by atoms with Gasteiger partial charge in [-0.15, -0.1) is 0 Å². The first kappa shape index (κ1) is 16.3. The van der Waals surface area contributed by atoms with Gasteiger partial charge < -0.3 is 15.7 Å². The predicted molar refractivity (Wildman–Crippen MR) is 81.0 cm³/mol. The largest absolute Gasteiger partial charge is 0.481 e. The fourth-order valence-corrected chi connectivity index (χ4v) is 3.57. The third-order valence-corrected chi connectivity index (χ3v) is 5.22. The molecule has 2 fully saturated rings. The van der Waals surface area contributed by atoms with Gasteiger partial charge in [0.05, 0.1) is 11.0 Å². The Morgan fingerprint density at radius 3 is 2.19 bits per heavy atom. The molecule has 0 bridgehead atoms. The molecule has 1 unspecified atom stereocenters. The molecule has 0 aromatic carbocycles. The monoisotopic (exact) mass is 296 g/mol. The van der Waals surface area contributed by atoms with Crippen molar-refractivity contribution in [1.82, 2.24) is 10.6 Å². The van der Waals surface area contributed by atoms with Crippen LogP contribution in [0.5, 0.6) is 0 Å². The van der Waals surface area contributed by atoms with Gasteiger partial charge in [-0.2, -0.15) is 0 Å². The second-order valence-corrected chi connectivity index (χ2v) is 6.90. The number of hydrogen-bond donors (Lipinski definition) is 3. The maximum absolute atomic E-state index is 12.4. The molecular formula is C16H28N2O3. The van der Waals surface area contributed by atoms with Crippen LogP contribution in [0.4, 0.5) is 0 Å². The van der Waals surface area contributed by atoms with Crippen molar-refractivity contribution in [2.75, 3.05) is 13.1 Å². The van der Waals surface area contributed by atoms with Crippen molar-refractivity contribution in [1.29, 1.82) is 0 Å². The zero-order valence-corrected chi connectivity index (χ0v) is 13.0. The first-order chi connectivity index (χ1) is 9.99. The highest BCUT2D eigenvalue weighted by Gasteiger charge is 2.41. The van der Waals surface area contributed by atoms with E-state index < -0.39 is 16.9 Å². The van der Waals surface area contributed by atoms with Crippen LogP contribution in [0.3, 0.4) is 0 Å². The summed E-state index contributed by atoms with van der Waals surface area (Å²) < 4.78 is 0. The van der Waals surface area contributed by atoms with E-state index in [4.69, 9.17) is 0 Å². The Labute approximate surface area is 126 Å². The Morgan fingerprint density at radius 2 is 1.67 bits per heavy atom. The summed E-state index contributed by atoms with van der Waals surface area (Å²) in [6.45, 7) is 3.04. The molecule has 0 radical (unpaired) electrons. The molecular weight excluding hydrogens is 268 g/mol. The third-order valence-electron chi connectivity index (χ3n) is 5.22. The number of carbonyl (C=O) groups excluding carboxylic acids is 1. The summed E-state index contributed by atoms with van der Waals surface area (Å²) >= 11 is 0. The van der Waals surface area contributed by atoms with Gasteiger partial charge >= 0.3 is 5.97 Å². The van der Waals surface area contributed by atoms with E-state index in [9.17, 15) is 14.7 Å². The summed E-state index contributed by atoms with van der Waals surface area (Å²) in [4.78, 5) is 24.2. The maximum Gasteiger partial charge on any atom is 0.311 e. The molecule has 2 aliphatic rings. The Balaban J connectivity index is 1.98. The number of amides is 1. The van der Waals surface area contributed by atoms with Gasteiger partial charge in [-0.3, -0.25) is 9.59 Å². The summed E-state index contributed by atoms with van der Waals surface area (Å²) in [5, 5.41) is 15.8. The SMILES string of the molecule is CC1(C(=O)NCC2(C(=O)O)CCCCCC2)CCCCN1. The van der Waals surface area contributed by atoms with Gasteiger partial charge in [-0.1, -0.05) is 25.7 Å². The van der Waals surface area contributed by atoms with Gasteiger partial charge in [0.15, 0.2) is 0 Å². The van der Waals surface area contributed by atoms with Gasteiger partial charge in [0.25, 0.3) is 0 Å². The Kier molecular flexibility index (Phi) is 5.25. The van der Waals surface area contributed by atoms with Crippen molar-refractivity contribution in [3.05, 3.63) is 0 Å². The molecule has 1 aliphatic carbocycles. The van der Waals surface area contributed by atoms with Gasteiger partial charge in [0.2, 0.25) is 5.91 Å². The third kappa shape index (κ3) is 3.76. The van der Waals surface area contributed by atoms with E-state index in [1.54, 1.807) is 0 Å².